The normalized spacial score (nSPS) is 17.2. The van der Waals surface area contributed by atoms with E-state index >= 15 is 0 Å². The molecule has 2 aromatic carbocycles. The Balaban J connectivity index is 1.57. The van der Waals surface area contributed by atoms with E-state index in [9.17, 15) is 17.6 Å². The second-order valence-corrected chi connectivity index (χ2v) is 11.9. The highest BCUT2D eigenvalue weighted by Crippen LogP contribution is 2.56. The second kappa shape index (κ2) is 10.7. The van der Waals surface area contributed by atoms with E-state index in [1.165, 1.54) is 37.4 Å². The number of nitrogens with zero attached hydrogens (tertiary/aromatic N) is 3. The van der Waals surface area contributed by atoms with E-state index in [-0.39, 0.29) is 6.03 Å². The van der Waals surface area contributed by atoms with E-state index in [1.807, 2.05) is 0 Å². The molecule has 9 nitrogen and oxygen atoms in total. The number of nitrogens with one attached hydrogen (secondary N) is 2. The number of benzene rings is 2. The molecule has 2 heterocycles. The van der Waals surface area contributed by atoms with Gasteiger partial charge in [-0.15, -0.1) is 6.58 Å². The fourth-order valence-corrected chi connectivity index (χ4v) is 7.11. The number of urea groups is 1. The monoisotopic (exact) mass is 551 g/mol. The van der Waals surface area contributed by atoms with Gasteiger partial charge in [0.15, 0.2) is 15.7 Å². The van der Waals surface area contributed by atoms with Crippen molar-refractivity contribution < 1.29 is 22.3 Å². The maximum absolute atomic E-state index is 14.1. The van der Waals surface area contributed by atoms with Crippen LogP contribution >= 0.6 is 0 Å². The van der Waals surface area contributed by atoms with Crippen molar-refractivity contribution in [3.8, 4) is 11.4 Å². The summed E-state index contributed by atoms with van der Waals surface area (Å²) in [6.45, 7) is 6.12. The first-order valence-electron chi connectivity index (χ1n) is 12.7. The Morgan fingerprint density at radius 2 is 1.77 bits per heavy atom. The Labute approximate surface area is 227 Å². The largest absolute Gasteiger partial charge is 0.378 e. The molecule has 1 aliphatic heterocycles. The fraction of sp³-hybridized carbons (Fsp3) is 0.321. The molecule has 2 aliphatic rings. The van der Waals surface area contributed by atoms with Crippen molar-refractivity contribution in [1.29, 1.82) is 0 Å². The van der Waals surface area contributed by atoms with Crippen molar-refractivity contribution in [1.82, 2.24) is 15.3 Å². The molecule has 2 N–H and O–H groups in total. The van der Waals surface area contributed by atoms with Crippen LogP contribution in [0.25, 0.3) is 11.4 Å². The maximum atomic E-state index is 14.1. The number of morpholine rings is 1. The van der Waals surface area contributed by atoms with Gasteiger partial charge in [-0.2, -0.15) is 0 Å². The lowest BCUT2D eigenvalue weighted by atomic mass is 10.1. The number of hydrogen-bond donors (Lipinski definition) is 2. The van der Waals surface area contributed by atoms with E-state index in [2.05, 4.69) is 22.1 Å². The van der Waals surface area contributed by atoms with Gasteiger partial charge in [0, 0.05) is 37.5 Å². The highest BCUT2D eigenvalue weighted by atomic mass is 32.2. The van der Waals surface area contributed by atoms with Gasteiger partial charge < -0.3 is 20.3 Å². The maximum Gasteiger partial charge on any atom is 0.318 e. The number of carbonyl (C=O) groups is 1. The van der Waals surface area contributed by atoms with Gasteiger partial charge in [0.05, 0.1) is 18.9 Å². The lowest BCUT2D eigenvalue weighted by Crippen LogP contribution is -2.37. The summed E-state index contributed by atoms with van der Waals surface area (Å²) in [7, 11) is -2.32. The zero-order valence-electron chi connectivity index (χ0n) is 21.6. The number of rotatable bonds is 8. The standard InChI is InChI=1S/C28H30FN5O4S/c1-3-23(19-4-8-21(29)9-5-19)39(36,37)28(12-13-28)24-18-25(34-14-16-38-17-15-34)33-26(32-24)20-6-10-22(11-7-20)31-27(35)30-2/h3-11,18,23H,1,12-17H2,2H3,(H2,30,31,35). The van der Waals surface area contributed by atoms with Gasteiger partial charge in [-0.05, 0) is 54.8 Å². The molecule has 11 heteroatoms. The Kier molecular flexibility index (Phi) is 7.37. The Morgan fingerprint density at radius 3 is 2.36 bits per heavy atom. The highest BCUT2D eigenvalue weighted by molar-refractivity contribution is 7.93. The zero-order chi connectivity index (χ0) is 27.6. The van der Waals surface area contributed by atoms with E-state index in [4.69, 9.17) is 14.7 Å². The first-order chi connectivity index (χ1) is 18.8. The van der Waals surface area contributed by atoms with Crippen molar-refractivity contribution in [3.63, 3.8) is 0 Å². The van der Waals surface area contributed by atoms with E-state index < -0.39 is 25.7 Å². The Morgan fingerprint density at radius 1 is 1.10 bits per heavy atom. The Hall–Kier alpha value is -3.83. The summed E-state index contributed by atoms with van der Waals surface area (Å²) in [5, 5.41) is 4.20. The molecule has 1 saturated carbocycles. The minimum Gasteiger partial charge on any atom is -0.378 e. The average molecular weight is 552 g/mol. The number of hydrogen-bond acceptors (Lipinski definition) is 7. The molecule has 0 spiro atoms. The van der Waals surface area contributed by atoms with E-state index in [0.29, 0.717) is 73.3 Å². The number of ether oxygens (including phenoxy) is 1. The van der Waals surface area contributed by atoms with Gasteiger partial charge in [0.2, 0.25) is 0 Å². The molecule has 1 unspecified atom stereocenters. The highest BCUT2D eigenvalue weighted by Gasteiger charge is 2.59. The average Bonchev–Trinajstić information content (AvgIpc) is 3.78. The van der Waals surface area contributed by atoms with Gasteiger partial charge in [0.1, 0.15) is 21.6 Å². The summed E-state index contributed by atoms with van der Waals surface area (Å²) in [5.74, 6) is 0.579. The smallest absolute Gasteiger partial charge is 0.318 e. The van der Waals surface area contributed by atoms with Crippen LogP contribution in [0.15, 0.2) is 67.3 Å². The Bertz CT molecular complexity index is 1470. The third-order valence-electron chi connectivity index (χ3n) is 7.14. The SMILES string of the molecule is C=CC(c1ccc(F)cc1)S(=O)(=O)C1(c2cc(N3CCOCC3)nc(-c3ccc(NC(=O)NC)cc3)n2)CC1. The minimum atomic E-state index is -3.86. The minimum absolute atomic E-state index is 0.339. The van der Waals surface area contributed by atoms with Crippen LogP contribution < -0.4 is 15.5 Å². The molecule has 1 atom stereocenters. The quantitative estimate of drug-likeness (QED) is 0.404. The van der Waals surface area contributed by atoms with E-state index in [1.54, 1.807) is 30.3 Å². The summed E-state index contributed by atoms with van der Waals surface area (Å²) in [6, 6.07) is 13.9. The molecule has 5 rings (SSSR count). The van der Waals surface area contributed by atoms with Gasteiger partial charge in [-0.1, -0.05) is 18.2 Å². The summed E-state index contributed by atoms with van der Waals surface area (Å²) in [4.78, 5) is 23.3. The summed E-state index contributed by atoms with van der Waals surface area (Å²) >= 11 is 0. The lowest BCUT2D eigenvalue weighted by Gasteiger charge is -2.29. The van der Waals surface area contributed by atoms with E-state index in [0.717, 1.165) is 0 Å². The number of amides is 2. The third-order valence-corrected chi connectivity index (χ3v) is 9.98. The zero-order valence-corrected chi connectivity index (χ0v) is 22.4. The summed E-state index contributed by atoms with van der Waals surface area (Å²) < 4.78 is 46.1. The van der Waals surface area contributed by atoms with Crippen LogP contribution in [0.1, 0.15) is 29.3 Å². The predicted molar refractivity (Wildman–Crippen MR) is 148 cm³/mol. The van der Waals surface area contributed by atoms with Crippen LogP contribution in [0, 0.1) is 5.82 Å². The van der Waals surface area contributed by atoms with Gasteiger partial charge in [0.25, 0.3) is 0 Å². The second-order valence-electron chi connectivity index (χ2n) is 9.56. The topological polar surface area (TPSA) is 114 Å². The van der Waals surface area contributed by atoms with Crippen LogP contribution in [0.2, 0.25) is 0 Å². The number of sulfone groups is 1. The summed E-state index contributed by atoms with van der Waals surface area (Å²) in [5.41, 5.74) is 2.16. The van der Waals surface area contributed by atoms with Gasteiger partial charge >= 0.3 is 6.03 Å². The molecule has 204 valence electrons. The van der Waals surface area contributed by atoms with Gasteiger partial charge in [-0.25, -0.2) is 27.6 Å². The third kappa shape index (κ3) is 5.24. The van der Waals surface area contributed by atoms with Crippen LogP contribution in [-0.4, -0.2) is 57.8 Å². The van der Waals surface area contributed by atoms with Crippen molar-refractivity contribution in [2.75, 3.05) is 43.6 Å². The van der Waals surface area contributed by atoms with Crippen molar-refractivity contribution in [3.05, 3.63) is 84.3 Å². The molecular weight excluding hydrogens is 521 g/mol. The van der Waals surface area contributed by atoms with Crippen LogP contribution in [0.5, 0.6) is 0 Å². The number of aromatic nitrogens is 2. The molecule has 0 bridgehead atoms. The predicted octanol–water partition coefficient (Wildman–Crippen LogP) is 4.20. The van der Waals surface area contributed by atoms with Crippen LogP contribution in [0.4, 0.5) is 20.7 Å². The van der Waals surface area contributed by atoms with Crippen molar-refractivity contribution in [2.45, 2.75) is 22.8 Å². The molecule has 0 radical (unpaired) electrons. The first-order valence-corrected chi connectivity index (χ1v) is 14.2. The van der Waals surface area contributed by atoms with Crippen molar-refractivity contribution >= 4 is 27.4 Å². The molecular formula is C28H30FN5O4S. The number of carbonyl (C=O) groups excluding carboxylic acids is 1. The molecule has 1 aliphatic carbocycles. The molecule has 2 amide bonds. The molecule has 2 fully saturated rings. The first kappa shape index (κ1) is 26.8. The lowest BCUT2D eigenvalue weighted by molar-refractivity contribution is 0.122. The molecule has 1 aromatic heterocycles. The summed E-state index contributed by atoms with van der Waals surface area (Å²) in [6.07, 6.45) is 2.22. The molecule has 3 aromatic rings. The molecule has 39 heavy (non-hydrogen) atoms. The number of halogens is 1. The number of anilines is 2. The van der Waals surface area contributed by atoms with Gasteiger partial charge in [-0.3, -0.25) is 0 Å². The fourth-order valence-electron chi connectivity index (χ4n) is 4.78. The van der Waals surface area contributed by atoms with Crippen LogP contribution in [-0.2, 0) is 19.3 Å². The van der Waals surface area contributed by atoms with Crippen molar-refractivity contribution in [2.24, 2.45) is 0 Å². The van der Waals surface area contributed by atoms with Crippen LogP contribution in [0.3, 0.4) is 0 Å². The molecule has 1 saturated heterocycles.